The van der Waals surface area contributed by atoms with Crippen LogP contribution in [0, 0.1) is 30.6 Å². The van der Waals surface area contributed by atoms with Gasteiger partial charge in [-0.15, -0.1) is 11.3 Å². The van der Waals surface area contributed by atoms with Crippen molar-refractivity contribution in [1.29, 1.82) is 5.26 Å². The van der Waals surface area contributed by atoms with Gasteiger partial charge in [-0.2, -0.15) is 5.26 Å². The molecule has 0 radical (unpaired) electrons. The second kappa shape index (κ2) is 5.29. The van der Waals surface area contributed by atoms with Crippen molar-refractivity contribution in [3.63, 3.8) is 0 Å². The molecular formula is C18H19NOS. The summed E-state index contributed by atoms with van der Waals surface area (Å²) in [6, 6.07) is 12.7. The lowest BCUT2D eigenvalue weighted by molar-refractivity contribution is 0.0525. The van der Waals surface area contributed by atoms with E-state index >= 15 is 0 Å². The van der Waals surface area contributed by atoms with Gasteiger partial charge in [0.15, 0.2) is 0 Å². The fraction of sp³-hybridized carbons (Fsp3) is 0.389. The third-order valence-electron chi connectivity index (χ3n) is 4.58. The van der Waals surface area contributed by atoms with Crippen LogP contribution in [0.15, 0.2) is 30.3 Å². The highest BCUT2D eigenvalue weighted by Crippen LogP contribution is 2.46. The molecule has 2 nitrogen and oxygen atoms in total. The Hall–Kier alpha value is -1.63. The first-order valence-corrected chi connectivity index (χ1v) is 8.10. The molecule has 0 fully saturated rings. The molecule has 2 unspecified atom stereocenters. The lowest BCUT2D eigenvalue weighted by atomic mass is 9.67. The second-order valence-electron chi connectivity index (χ2n) is 5.98. The molecule has 1 aromatic heterocycles. The molecule has 1 aromatic carbocycles. The highest BCUT2D eigenvalue weighted by molar-refractivity contribution is 7.12. The number of hydrogen-bond acceptors (Lipinski definition) is 3. The van der Waals surface area contributed by atoms with Crippen molar-refractivity contribution in [3.05, 3.63) is 56.8 Å². The zero-order chi connectivity index (χ0) is 15.0. The van der Waals surface area contributed by atoms with Crippen LogP contribution in [0.1, 0.15) is 39.0 Å². The van der Waals surface area contributed by atoms with Crippen molar-refractivity contribution < 1.29 is 5.11 Å². The molecule has 1 heterocycles. The van der Waals surface area contributed by atoms with Gasteiger partial charge in [0.2, 0.25) is 0 Å². The number of fused-ring (bicyclic) bond motifs is 1. The summed E-state index contributed by atoms with van der Waals surface area (Å²) < 4.78 is 0. The van der Waals surface area contributed by atoms with Gasteiger partial charge in [0.05, 0.1) is 17.6 Å². The minimum Gasteiger partial charge on any atom is -0.387 e. The van der Waals surface area contributed by atoms with Crippen LogP contribution in [0.4, 0.5) is 0 Å². The molecule has 0 saturated carbocycles. The first kappa shape index (κ1) is 14.3. The molecule has 1 aliphatic rings. The smallest absolute Gasteiger partial charge is 0.0990 e. The number of aliphatic hydroxyl groups excluding tert-OH is 1. The molecule has 0 bridgehead atoms. The highest BCUT2D eigenvalue weighted by atomic mass is 32.1. The Kier molecular flexibility index (Phi) is 3.61. The molecule has 3 rings (SSSR count). The summed E-state index contributed by atoms with van der Waals surface area (Å²) in [5, 5.41) is 20.7. The predicted octanol–water partition coefficient (Wildman–Crippen LogP) is 4.10. The first-order chi connectivity index (χ1) is 10.1. The SMILES string of the molecule is Cc1cc(C(O)C2(C#N)CCc3ccccc3C2)c(C)s1. The van der Waals surface area contributed by atoms with E-state index in [9.17, 15) is 10.4 Å². The summed E-state index contributed by atoms with van der Waals surface area (Å²) in [6.07, 6.45) is 1.51. The van der Waals surface area contributed by atoms with Crippen molar-refractivity contribution in [2.75, 3.05) is 0 Å². The van der Waals surface area contributed by atoms with Gasteiger partial charge in [0.1, 0.15) is 0 Å². The van der Waals surface area contributed by atoms with Crippen LogP contribution >= 0.6 is 11.3 Å². The van der Waals surface area contributed by atoms with Gasteiger partial charge in [-0.05, 0) is 55.9 Å². The van der Waals surface area contributed by atoms with Gasteiger partial charge in [0, 0.05) is 9.75 Å². The van der Waals surface area contributed by atoms with Crippen LogP contribution in [0.3, 0.4) is 0 Å². The van der Waals surface area contributed by atoms with E-state index in [1.165, 1.54) is 16.0 Å². The van der Waals surface area contributed by atoms with Gasteiger partial charge in [-0.3, -0.25) is 0 Å². The summed E-state index contributed by atoms with van der Waals surface area (Å²) in [6.45, 7) is 4.07. The lowest BCUT2D eigenvalue weighted by Gasteiger charge is -2.36. The van der Waals surface area contributed by atoms with E-state index in [4.69, 9.17) is 0 Å². The van der Waals surface area contributed by atoms with Crippen LogP contribution in [-0.2, 0) is 12.8 Å². The van der Waals surface area contributed by atoms with Gasteiger partial charge in [-0.25, -0.2) is 0 Å². The Bertz CT molecular complexity index is 712. The van der Waals surface area contributed by atoms with Gasteiger partial charge in [0.25, 0.3) is 0 Å². The molecule has 2 atom stereocenters. The maximum Gasteiger partial charge on any atom is 0.0990 e. The van der Waals surface area contributed by atoms with Crippen molar-refractivity contribution in [1.82, 2.24) is 0 Å². The number of hydrogen-bond donors (Lipinski definition) is 1. The molecule has 1 N–H and O–H groups in total. The van der Waals surface area contributed by atoms with Crippen LogP contribution in [-0.4, -0.2) is 5.11 Å². The highest BCUT2D eigenvalue weighted by Gasteiger charge is 2.42. The van der Waals surface area contributed by atoms with Crippen molar-refractivity contribution >= 4 is 11.3 Å². The lowest BCUT2D eigenvalue weighted by Crippen LogP contribution is -2.34. The summed E-state index contributed by atoms with van der Waals surface area (Å²) in [5.74, 6) is 0. The molecule has 0 aliphatic heterocycles. The zero-order valence-electron chi connectivity index (χ0n) is 12.4. The fourth-order valence-corrected chi connectivity index (χ4v) is 4.33. The zero-order valence-corrected chi connectivity index (χ0v) is 13.2. The molecule has 1 aliphatic carbocycles. The van der Waals surface area contributed by atoms with Crippen LogP contribution < -0.4 is 0 Å². The average Bonchev–Trinajstić information content (AvgIpc) is 2.84. The number of thiophene rings is 1. The van der Waals surface area contributed by atoms with E-state index in [2.05, 4.69) is 18.2 Å². The Labute approximate surface area is 129 Å². The van der Waals surface area contributed by atoms with E-state index in [-0.39, 0.29) is 0 Å². The second-order valence-corrected chi connectivity index (χ2v) is 7.44. The third kappa shape index (κ3) is 2.39. The van der Waals surface area contributed by atoms with Crippen LogP contribution in [0.2, 0.25) is 0 Å². The summed E-state index contributed by atoms with van der Waals surface area (Å²) in [7, 11) is 0. The topological polar surface area (TPSA) is 44.0 Å². The van der Waals surface area contributed by atoms with Crippen LogP contribution in [0.25, 0.3) is 0 Å². The standard InChI is InChI=1S/C18H19NOS/c1-12-9-16(13(2)21-12)17(20)18(11-19)8-7-14-5-3-4-6-15(14)10-18/h3-6,9,17,20H,7-8,10H2,1-2H3. The number of rotatable bonds is 2. The van der Waals surface area contributed by atoms with Crippen molar-refractivity contribution in [2.45, 2.75) is 39.2 Å². The Morgan fingerprint density at radius 1 is 1.29 bits per heavy atom. The monoisotopic (exact) mass is 297 g/mol. The van der Waals surface area contributed by atoms with Gasteiger partial charge >= 0.3 is 0 Å². The summed E-state index contributed by atoms with van der Waals surface area (Å²) in [5.41, 5.74) is 2.74. The van der Waals surface area contributed by atoms with E-state index in [0.717, 1.165) is 23.3 Å². The van der Waals surface area contributed by atoms with Crippen LogP contribution in [0.5, 0.6) is 0 Å². The van der Waals surface area contributed by atoms with Gasteiger partial charge in [-0.1, -0.05) is 24.3 Å². The fourth-order valence-electron chi connectivity index (χ4n) is 3.37. The van der Waals surface area contributed by atoms with Crippen molar-refractivity contribution in [2.24, 2.45) is 5.41 Å². The molecular weight excluding hydrogens is 278 g/mol. The largest absolute Gasteiger partial charge is 0.387 e. The minimum atomic E-state index is -0.708. The maximum atomic E-state index is 10.9. The molecule has 0 saturated heterocycles. The van der Waals surface area contributed by atoms with E-state index in [0.29, 0.717) is 6.42 Å². The first-order valence-electron chi connectivity index (χ1n) is 7.29. The average molecular weight is 297 g/mol. The normalized spacial score (nSPS) is 22.4. The maximum absolute atomic E-state index is 10.9. The number of aryl methyl sites for hydroxylation is 3. The third-order valence-corrected chi connectivity index (χ3v) is 5.57. The molecule has 2 aromatic rings. The Balaban J connectivity index is 1.99. The Morgan fingerprint density at radius 3 is 2.62 bits per heavy atom. The molecule has 0 spiro atoms. The van der Waals surface area contributed by atoms with Crippen molar-refractivity contribution in [3.8, 4) is 6.07 Å². The number of nitrogens with zero attached hydrogens (tertiary/aromatic N) is 1. The molecule has 108 valence electrons. The predicted molar refractivity (Wildman–Crippen MR) is 85.3 cm³/mol. The number of benzene rings is 1. The Morgan fingerprint density at radius 2 is 2.00 bits per heavy atom. The van der Waals surface area contributed by atoms with E-state index in [1.54, 1.807) is 11.3 Å². The number of nitriles is 1. The minimum absolute atomic E-state index is 0.634. The molecule has 21 heavy (non-hydrogen) atoms. The molecule has 0 amide bonds. The van der Waals surface area contributed by atoms with Gasteiger partial charge < -0.3 is 5.11 Å². The van der Waals surface area contributed by atoms with E-state index in [1.807, 2.05) is 32.0 Å². The number of aliphatic hydroxyl groups is 1. The summed E-state index contributed by atoms with van der Waals surface area (Å²) >= 11 is 1.69. The molecule has 3 heteroatoms. The quantitative estimate of drug-likeness (QED) is 0.907. The van der Waals surface area contributed by atoms with E-state index < -0.39 is 11.5 Å². The summed E-state index contributed by atoms with van der Waals surface area (Å²) in [4.78, 5) is 2.30.